The summed E-state index contributed by atoms with van der Waals surface area (Å²) in [4.78, 5) is 5.37. The van der Waals surface area contributed by atoms with Crippen LogP contribution < -0.4 is 5.73 Å². The Kier molecular flexibility index (Phi) is 4.35. The van der Waals surface area contributed by atoms with Crippen molar-refractivity contribution in [1.82, 2.24) is 4.98 Å². The SMILES string of the molecule is Cl.NC[C@@H]1OCCc2c(-c3cncs3)cccc21. The second-order valence-electron chi connectivity index (χ2n) is 4.08. The van der Waals surface area contributed by atoms with Gasteiger partial charge in [-0.1, -0.05) is 18.2 Å². The molecule has 0 saturated carbocycles. The quantitative estimate of drug-likeness (QED) is 0.921. The van der Waals surface area contributed by atoms with Gasteiger partial charge in [-0.3, -0.25) is 4.98 Å². The Labute approximate surface area is 116 Å². The maximum atomic E-state index is 5.75. The fourth-order valence-corrected chi connectivity index (χ4v) is 3.03. The summed E-state index contributed by atoms with van der Waals surface area (Å²) in [5.74, 6) is 0. The van der Waals surface area contributed by atoms with Gasteiger partial charge in [0.25, 0.3) is 0 Å². The van der Waals surface area contributed by atoms with Crippen molar-refractivity contribution < 1.29 is 4.74 Å². The summed E-state index contributed by atoms with van der Waals surface area (Å²) in [6.45, 7) is 1.30. The molecule has 1 aliphatic heterocycles. The van der Waals surface area contributed by atoms with Gasteiger partial charge in [-0.05, 0) is 23.1 Å². The second-order valence-corrected chi connectivity index (χ2v) is 4.97. The van der Waals surface area contributed by atoms with Crippen molar-refractivity contribution in [2.24, 2.45) is 5.73 Å². The first kappa shape index (κ1) is 13.5. The van der Waals surface area contributed by atoms with E-state index >= 15 is 0 Å². The number of thiazole rings is 1. The minimum absolute atomic E-state index is 0. The molecule has 1 aromatic carbocycles. The Balaban J connectivity index is 0.00000120. The van der Waals surface area contributed by atoms with Crippen LogP contribution in [0, 0.1) is 0 Å². The van der Waals surface area contributed by atoms with Crippen LogP contribution in [-0.4, -0.2) is 18.1 Å². The molecule has 0 radical (unpaired) electrons. The summed E-state index contributed by atoms with van der Waals surface area (Å²) in [5.41, 5.74) is 11.5. The predicted molar refractivity (Wildman–Crippen MR) is 76.2 cm³/mol. The summed E-state index contributed by atoms with van der Waals surface area (Å²) in [5, 5.41) is 0. The highest BCUT2D eigenvalue weighted by Crippen LogP contribution is 2.35. The molecule has 5 heteroatoms. The van der Waals surface area contributed by atoms with E-state index in [-0.39, 0.29) is 18.5 Å². The molecule has 2 aromatic rings. The zero-order chi connectivity index (χ0) is 11.7. The van der Waals surface area contributed by atoms with Gasteiger partial charge in [-0.25, -0.2) is 0 Å². The number of fused-ring (bicyclic) bond motifs is 1. The van der Waals surface area contributed by atoms with Crippen LogP contribution >= 0.6 is 23.7 Å². The average Bonchev–Trinajstić information content (AvgIpc) is 2.91. The molecule has 1 aliphatic rings. The molecular weight excluding hydrogens is 268 g/mol. The highest BCUT2D eigenvalue weighted by molar-refractivity contribution is 7.13. The highest BCUT2D eigenvalue weighted by Gasteiger charge is 2.22. The minimum atomic E-state index is 0. The van der Waals surface area contributed by atoms with Crippen molar-refractivity contribution in [2.75, 3.05) is 13.2 Å². The maximum Gasteiger partial charge on any atom is 0.0950 e. The van der Waals surface area contributed by atoms with E-state index < -0.39 is 0 Å². The van der Waals surface area contributed by atoms with Gasteiger partial charge >= 0.3 is 0 Å². The number of nitrogens with zero attached hydrogens (tertiary/aromatic N) is 1. The topological polar surface area (TPSA) is 48.1 Å². The zero-order valence-corrected chi connectivity index (χ0v) is 11.5. The van der Waals surface area contributed by atoms with Gasteiger partial charge in [0.1, 0.15) is 0 Å². The normalized spacial score (nSPS) is 17.9. The molecule has 0 aliphatic carbocycles. The van der Waals surface area contributed by atoms with E-state index in [1.54, 1.807) is 11.3 Å². The van der Waals surface area contributed by atoms with Crippen LogP contribution in [-0.2, 0) is 11.2 Å². The third-order valence-corrected chi connectivity index (χ3v) is 3.95. The first-order valence-electron chi connectivity index (χ1n) is 5.72. The lowest BCUT2D eigenvalue weighted by Gasteiger charge is -2.26. The van der Waals surface area contributed by atoms with E-state index in [9.17, 15) is 0 Å². The summed E-state index contributed by atoms with van der Waals surface area (Å²) < 4.78 is 5.69. The van der Waals surface area contributed by atoms with E-state index in [1.807, 2.05) is 11.7 Å². The molecule has 2 heterocycles. The first-order valence-corrected chi connectivity index (χ1v) is 6.60. The molecule has 18 heavy (non-hydrogen) atoms. The number of nitrogens with two attached hydrogens (primary N) is 1. The van der Waals surface area contributed by atoms with Gasteiger partial charge in [-0.15, -0.1) is 23.7 Å². The Morgan fingerprint density at radius 2 is 2.33 bits per heavy atom. The smallest absolute Gasteiger partial charge is 0.0950 e. The van der Waals surface area contributed by atoms with Crippen LogP contribution in [0.5, 0.6) is 0 Å². The van der Waals surface area contributed by atoms with Crippen LogP contribution in [0.15, 0.2) is 29.9 Å². The standard InChI is InChI=1S/C13H14N2OS.ClH/c14-6-12-10-2-1-3-11(9(10)4-5-16-12)13-7-15-8-17-13;/h1-3,7-8,12H,4-6,14H2;1H/t12-;/m0./s1. The average molecular weight is 283 g/mol. The molecule has 96 valence electrons. The van der Waals surface area contributed by atoms with Crippen LogP contribution in [0.2, 0.25) is 0 Å². The lowest BCUT2D eigenvalue weighted by atomic mass is 9.92. The second kappa shape index (κ2) is 5.80. The van der Waals surface area contributed by atoms with Crippen molar-refractivity contribution in [2.45, 2.75) is 12.5 Å². The third kappa shape index (κ3) is 2.29. The summed E-state index contributed by atoms with van der Waals surface area (Å²) in [6, 6.07) is 6.35. The van der Waals surface area contributed by atoms with E-state index in [0.717, 1.165) is 13.0 Å². The Morgan fingerprint density at radius 1 is 1.44 bits per heavy atom. The number of ether oxygens (including phenoxy) is 1. The molecule has 2 N–H and O–H groups in total. The Bertz CT molecular complexity index is 516. The fourth-order valence-electron chi connectivity index (χ4n) is 2.35. The van der Waals surface area contributed by atoms with Crippen molar-refractivity contribution in [3.63, 3.8) is 0 Å². The van der Waals surface area contributed by atoms with E-state index in [2.05, 4.69) is 23.2 Å². The lowest BCUT2D eigenvalue weighted by molar-refractivity contribution is 0.0487. The Hall–Kier alpha value is -0.940. The van der Waals surface area contributed by atoms with Gasteiger partial charge in [-0.2, -0.15) is 0 Å². The molecule has 1 atom stereocenters. The highest BCUT2D eigenvalue weighted by atomic mass is 35.5. The van der Waals surface area contributed by atoms with Gasteiger partial charge < -0.3 is 10.5 Å². The number of hydrogen-bond acceptors (Lipinski definition) is 4. The number of benzene rings is 1. The van der Waals surface area contributed by atoms with Gasteiger partial charge in [0.15, 0.2) is 0 Å². The number of halogens is 1. The summed E-state index contributed by atoms with van der Waals surface area (Å²) in [7, 11) is 0. The first-order chi connectivity index (χ1) is 8.40. The van der Waals surface area contributed by atoms with E-state index in [1.165, 1.54) is 21.6 Å². The van der Waals surface area contributed by atoms with E-state index in [4.69, 9.17) is 10.5 Å². The number of aromatic nitrogens is 1. The van der Waals surface area contributed by atoms with Gasteiger partial charge in [0, 0.05) is 12.7 Å². The molecule has 3 nitrogen and oxygen atoms in total. The molecule has 1 aromatic heterocycles. The number of hydrogen-bond donors (Lipinski definition) is 1. The van der Waals surface area contributed by atoms with Gasteiger partial charge in [0.05, 0.1) is 23.1 Å². The maximum absolute atomic E-state index is 5.75. The van der Waals surface area contributed by atoms with Gasteiger partial charge in [0.2, 0.25) is 0 Å². The zero-order valence-electron chi connectivity index (χ0n) is 9.83. The third-order valence-electron chi connectivity index (χ3n) is 3.14. The van der Waals surface area contributed by atoms with Crippen LogP contribution in [0.25, 0.3) is 10.4 Å². The molecule has 0 unspecified atom stereocenters. The van der Waals surface area contributed by atoms with Crippen LogP contribution in [0.3, 0.4) is 0 Å². The molecule has 3 rings (SSSR count). The van der Waals surface area contributed by atoms with Crippen molar-refractivity contribution >= 4 is 23.7 Å². The Morgan fingerprint density at radius 3 is 3.06 bits per heavy atom. The van der Waals surface area contributed by atoms with Crippen LogP contribution in [0.1, 0.15) is 17.2 Å². The molecule has 0 saturated heterocycles. The lowest BCUT2D eigenvalue weighted by Crippen LogP contribution is -2.23. The molecular formula is C13H15ClN2OS. The largest absolute Gasteiger partial charge is 0.372 e. The monoisotopic (exact) mass is 282 g/mol. The minimum Gasteiger partial charge on any atom is -0.372 e. The predicted octanol–water partition coefficient (Wildman–Crippen LogP) is 2.80. The molecule has 0 fully saturated rings. The van der Waals surface area contributed by atoms with Crippen molar-refractivity contribution in [3.8, 4) is 10.4 Å². The molecule has 0 bridgehead atoms. The van der Waals surface area contributed by atoms with Crippen molar-refractivity contribution in [3.05, 3.63) is 41.0 Å². The van der Waals surface area contributed by atoms with Crippen LogP contribution in [0.4, 0.5) is 0 Å². The summed E-state index contributed by atoms with van der Waals surface area (Å²) in [6.07, 6.45) is 2.93. The van der Waals surface area contributed by atoms with E-state index in [0.29, 0.717) is 6.54 Å². The molecule has 0 amide bonds. The fraction of sp³-hybridized carbons (Fsp3) is 0.308. The molecule has 0 spiro atoms. The number of rotatable bonds is 2. The van der Waals surface area contributed by atoms with Crippen molar-refractivity contribution in [1.29, 1.82) is 0 Å². The summed E-state index contributed by atoms with van der Waals surface area (Å²) >= 11 is 1.67.